The molecule has 0 amide bonds. The van der Waals surface area contributed by atoms with Crippen LogP contribution in [0.25, 0.3) is 0 Å². The summed E-state index contributed by atoms with van der Waals surface area (Å²) in [5.41, 5.74) is 2.71. The molecular formula is C11H13BrN2S. The third-order valence-electron chi connectivity index (χ3n) is 1.86. The SMILES string of the molecule is C#CCC(CSc1ccc(Br)cc1)NN. The average Bonchev–Trinajstić information content (AvgIpc) is 2.26. The third-order valence-corrected chi connectivity index (χ3v) is 3.57. The van der Waals surface area contributed by atoms with E-state index in [1.807, 2.05) is 12.1 Å². The smallest absolute Gasteiger partial charge is 0.0413 e. The van der Waals surface area contributed by atoms with Gasteiger partial charge in [0, 0.05) is 27.6 Å². The van der Waals surface area contributed by atoms with Gasteiger partial charge in [-0.25, -0.2) is 0 Å². The second kappa shape index (κ2) is 6.91. The van der Waals surface area contributed by atoms with Crippen LogP contribution in [0.1, 0.15) is 6.42 Å². The highest BCUT2D eigenvalue weighted by Gasteiger charge is 2.05. The van der Waals surface area contributed by atoms with E-state index in [1.165, 1.54) is 4.90 Å². The molecule has 0 bridgehead atoms. The maximum atomic E-state index is 5.38. The van der Waals surface area contributed by atoms with Crippen molar-refractivity contribution in [2.24, 2.45) is 5.84 Å². The molecule has 3 N–H and O–H groups in total. The van der Waals surface area contributed by atoms with E-state index < -0.39 is 0 Å². The van der Waals surface area contributed by atoms with Gasteiger partial charge in [-0.2, -0.15) is 0 Å². The van der Waals surface area contributed by atoms with Crippen molar-refractivity contribution in [3.63, 3.8) is 0 Å². The molecule has 1 aromatic carbocycles. The quantitative estimate of drug-likeness (QED) is 0.377. The van der Waals surface area contributed by atoms with Gasteiger partial charge in [0.25, 0.3) is 0 Å². The molecule has 0 saturated heterocycles. The predicted molar refractivity (Wildman–Crippen MR) is 69.4 cm³/mol. The summed E-state index contributed by atoms with van der Waals surface area (Å²) in [7, 11) is 0. The molecule has 4 heteroatoms. The number of thioether (sulfide) groups is 1. The minimum atomic E-state index is 0.170. The van der Waals surface area contributed by atoms with E-state index in [9.17, 15) is 0 Å². The topological polar surface area (TPSA) is 38.0 Å². The number of benzene rings is 1. The van der Waals surface area contributed by atoms with Crippen LogP contribution in [0.15, 0.2) is 33.6 Å². The first-order valence-electron chi connectivity index (χ1n) is 4.54. The van der Waals surface area contributed by atoms with E-state index in [2.05, 4.69) is 39.4 Å². The molecule has 0 heterocycles. The zero-order chi connectivity index (χ0) is 11.1. The normalized spacial score (nSPS) is 12.1. The van der Waals surface area contributed by atoms with Crippen molar-refractivity contribution in [3.05, 3.63) is 28.7 Å². The van der Waals surface area contributed by atoms with Crippen molar-refractivity contribution in [2.45, 2.75) is 17.4 Å². The first-order valence-corrected chi connectivity index (χ1v) is 6.32. The summed E-state index contributed by atoms with van der Waals surface area (Å²) in [6.45, 7) is 0. The Hall–Kier alpha value is -0.470. The fourth-order valence-corrected chi connectivity index (χ4v) is 2.24. The summed E-state index contributed by atoms with van der Waals surface area (Å²) in [6, 6.07) is 8.35. The number of hydrogen-bond acceptors (Lipinski definition) is 3. The first-order chi connectivity index (χ1) is 7.26. The van der Waals surface area contributed by atoms with Crippen LogP contribution < -0.4 is 11.3 Å². The monoisotopic (exact) mass is 284 g/mol. The van der Waals surface area contributed by atoms with Crippen LogP contribution in [0, 0.1) is 12.3 Å². The Morgan fingerprint density at radius 1 is 1.47 bits per heavy atom. The van der Waals surface area contributed by atoms with Gasteiger partial charge >= 0.3 is 0 Å². The fraction of sp³-hybridized carbons (Fsp3) is 0.273. The lowest BCUT2D eigenvalue weighted by atomic mass is 10.3. The van der Waals surface area contributed by atoms with Crippen LogP contribution in [0.4, 0.5) is 0 Å². The summed E-state index contributed by atoms with van der Waals surface area (Å²) < 4.78 is 1.09. The predicted octanol–water partition coefficient (Wildman–Crippen LogP) is 2.40. The van der Waals surface area contributed by atoms with Crippen LogP contribution in [0.5, 0.6) is 0 Å². The molecule has 1 rings (SSSR count). The fourth-order valence-electron chi connectivity index (χ4n) is 1.04. The number of halogens is 1. The molecule has 0 fully saturated rings. The van der Waals surface area contributed by atoms with Crippen molar-refractivity contribution in [3.8, 4) is 12.3 Å². The Labute approximate surface area is 103 Å². The summed E-state index contributed by atoms with van der Waals surface area (Å²) in [5.74, 6) is 8.86. The summed E-state index contributed by atoms with van der Waals surface area (Å²) in [5, 5.41) is 0. The number of nitrogens with one attached hydrogen (secondary N) is 1. The summed E-state index contributed by atoms with van der Waals surface area (Å²) >= 11 is 5.14. The largest absolute Gasteiger partial charge is 0.271 e. The van der Waals surface area contributed by atoms with Gasteiger partial charge in [-0.15, -0.1) is 24.1 Å². The molecule has 15 heavy (non-hydrogen) atoms. The zero-order valence-corrected chi connectivity index (χ0v) is 10.6. The molecule has 1 unspecified atom stereocenters. The Morgan fingerprint density at radius 2 is 2.13 bits per heavy atom. The molecule has 0 aliphatic heterocycles. The number of hydrogen-bond donors (Lipinski definition) is 2. The van der Waals surface area contributed by atoms with Gasteiger partial charge in [0.05, 0.1) is 0 Å². The van der Waals surface area contributed by atoms with Crippen LogP contribution in [-0.4, -0.2) is 11.8 Å². The van der Waals surface area contributed by atoms with Crippen LogP contribution in [0.3, 0.4) is 0 Å². The molecule has 1 aromatic rings. The molecule has 0 radical (unpaired) electrons. The molecule has 80 valence electrons. The van der Waals surface area contributed by atoms with E-state index in [0.717, 1.165) is 10.2 Å². The minimum absolute atomic E-state index is 0.170. The van der Waals surface area contributed by atoms with Crippen molar-refractivity contribution in [2.75, 3.05) is 5.75 Å². The molecule has 0 aromatic heterocycles. The van der Waals surface area contributed by atoms with E-state index >= 15 is 0 Å². The average molecular weight is 285 g/mol. The second-order valence-electron chi connectivity index (χ2n) is 3.04. The summed E-state index contributed by atoms with van der Waals surface area (Å²) in [6.07, 6.45) is 5.89. The lowest BCUT2D eigenvalue weighted by Crippen LogP contribution is -2.36. The van der Waals surface area contributed by atoms with E-state index in [4.69, 9.17) is 12.3 Å². The minimum Gasteiger partial charge on any atom is -0.271 e. The number of nitrogens with two attached hydrogens (primary N) is 1. The van der Waals surface area contributed by atoms with Gasteiger partial charge in [0.2, 0.25) is 0 Å². The maximum absolute atomic E-state index is 5.38. The number of rotatable bonds is 5. The van der Waals surface area contributed by atoms with Gasteiger partial charge in [0.1, 0.15) is 0 Å². The lowest BCUT2D eigenvalue weighted by Gasteiger charge is -2.11. The molecular weight excluding hydrogens is 272 g/mol. The molecule has 0 saturated carbocycles. The van der Waals surface area contributed by atoms with Crippen molar-refractivity contribution in [1.82, 2.24) is 5.43 Å². The third kappa shape index (κ3) is 4.72. The molecule has 0 spiro atoms. The maximum Gasteiger partial charge on any atom is 0.0413 e. The van der Waals surface area contributed by atoms with E-state index in [-0.39, 0.29) is 6.04 Å². The van der Waals surface area contributed by atoms with Crippen molar-refractivity contribution < 1.29 is 0 Å². The van der Waals surface area contributed by atoms with Gasteiger partial charge in [-0.05, 0) is 24.3 Å². The van der Waals surface area contributed by atoms with Gasteiger partial charge in [-0.3, -0.25) is 11.3 Å². The van der Waals surface area contributed by atoms with Gasteiger partial charge < -0.3 is 0 Å². The summed E-state index contributed by atoms with van der Waals surface area (Å²) in [4.78, 5) is 1.22. The second-order valence-corrected chi connectivity index (χ2v) is 5.05. The molecule has 0 aliphatic carbocycles. The Bertz CT molecular complexity index is 331. The number of terminal acetylenes is 1. The highest BCUT2D eigenvalue weighted by molar-refractivity contribution is 9.10. The highest BCUT2D eigenvalue weighted by atomic mass is 79.9. The Balaban J connectivity index is 2.42. The molecule has 1 atom stereocenters. The van der Waals surface area contributed by atoms with E-state index in [1.54, 1.807) is 11.8 Å². The highest BCUT2D eigenvalue weighted by Crippen LogP contribution is 2.21. The zero-order valence-electron chi connectivity index (χ0n) is 8.24. The Kier molecular flexibility index (Phi) is 5.81. The molecule has 2 nitrogen and oxygen atoms in total. The van der Waals surface area contributed by atoms with Crippen LogP contribution in [-0.2, 0) is 0 Å². The van der Waals surface area contributed by atoms with Crippen LogP contribution >= 0.6 is 27.7 Å². The van der Waals surface area contributed by atoms with Crippen molar-refractivity contribution >= 4 is 27.7 Å². The van der Waals surface area contributed by atoms with E-state index in [0.29, 0.717) is 6.42 Å². The van der Waals surface area contributed by atoms with Crippen LogP contribution in [0.2, 0.25) is 0 Å². The standard InChI is InChI=1S/C11H13BrN2S/c1-2-3-10(14-13)8-15-11-6-4-9(12)5-7-11/h1,4-7,10,14H,3,8,13H2. The first kappa shape index (κ1) is 12.6. The van der Waals surface area contributed by atoms with Gasteiger partial charge in [-0.1, -0.05) is 15.9 Å². The van der Waals surface area contributed by atoms with Gasteiger partial charge in [0.15, 0.2) is 0 Å². The Morgan fingerprint density at radius 3 is 2.67 bits per heavy atom. The molecule has 0 aliphatic rings. The van der Waals surface area contributed by atoms with Crippen molar-refractivity contribution in [1.29, 1.82) is 0 Å². The lowest BCUT2D eigenvalue weighted by molar-refractivity contribution is 0.592. The number of hydrazine groups is 1.